The maximum Gasteiger partial charge on any atom is 0.266 e. The molecule has 0 heterocycles. The lowest BCUT2D eigenvalue weighted by Crippen LogP contribution is -2.13. The molecule has 0 aliphatic carbocycles. The summed E-state index contributed by atoms with van der Waals surface area (Å²) >= 11 is 12.2. The topological polar surface area (TPSA) is 71.4 Å². The molecule has 0 aromatic heterocycles. The van der Waals surface area contributed by atoms with E-state index in [4.69, 9.17) is 32.7 Å². The molecule has 0 fully saturated rings. The van der Waals surface area contributed by atoms with Crippen molar-refractivity contribution in [3.63, 3.8) is 0 Å². The molecule has 0 radical (unpaired) electrons. The summed E-state index contributed by atoms with van der Waals surface area (Å²) in [5.74, 6) is 0.501. The third-order valence-corrected chi connectivity index (χ3v) is 5.49. The highest BCUT2D eigenvalue weighted by Crippen LogP contribution is 2.29. The van der Waals surface area contributed by atoms with Gasteiger partial charge in [-0.05, 0) is 54.5 Å². The fraction of sp³-hybridized carbons (Fsp3) is 0.154. The molecule has 5 nitrogen and oxygen atoms in total. The van der Waals surface area contributed by atoms with Crippen LogP contribution in [0, 0.1) is 11.3 Å². The second kappa shape index (κ2) is 11.4. The van der Waals surface area contributed by atoms with Gasteiger partial charge in [-0.1, -0.05) is 48.3 Å². The van der Waals surface area contributed by atoms with Gasteiger partial charge in [0.25, 0.3) is 5.91 Å². The first-order valence-electron chi connectivity index (χ1n) is 10.2. The average molecular weight is 481 g/mol. The summed E-state index contributed by atoms with van der Waals surface area (Å²) < 4.78 is 11.3. The molecule has 0 unspecified atom stereocenters. The molecular weight excluding hydrogens is 459 g/mol. The predicted molar refractivity (Wildman–Crippen MR) is 132 cm³/mol. The van der Waals surface area contributed by atoms with E-state index in [0.717, 1.165) is 17.5 Å². The van der Waals surface area contributed by atoms with Crippen LogP contribution in [0.25, 0.3) is 6.08 Å². The third kappa shape index (κ3) is 6.52. The van der Waals surface area contributed by atoms with Crippen LogP contribution in [0.1, 0.15) is 23.6 Å². The number of carbonyl (C=O) groups excluding carboxylic acids is 1. The Morgan fingerprint density at radius 3 is 2.48 bits per heavy atom. The summed E-state index contributed by atoms with van der Waals surface area (Å²) in [7, 11) is 1.54. The molecule has 1 amide bonds. The number of carbonyl (C=O) groups is 1. The number of rotatable bonds is 8. The smallest absolute Gasteiger partial charge is 0.266 e. The van der Waals surface area contributed by atoms with Crippen molar-refractivity contribution < 1.29 is 14.3 Å². The van der Waals surface area contributed by atoms with Crippen LogP contribution < -0.4 is 14.8 Å². The molecule has 0 spiro atoms. The Hall–Kier alpha value is -3.46. The van der Waals surface area contributed by atoms with Gasteiger partial charge in [0, 0.05) is 32.9 Å². The molecule has 3 rings (SSSR count). The van der Waals surface area contributed by atoms with Crippen molar-refractivity contribution in [2.45, 2.75) is 20.0 Å². The highest BCUT2D eigenvalue weighted by Gasteiger charge is 2.13. The van der Waals surface area contributed by atoms with E-state index in [1.165, 1.54) is 6.08 Å². The fourth-order valence-corrected chi connectivity index (χ4v) is 3.47. The first kappa shape index (κ1) is 24.2. The zero-order chi connectivity index (χ0) is 23.8. The van der Waals surface area contributed by atoms with Crippen molar-refractivity contribution in [1.82, 2.24) is 0 Å². The van der Waals surface area contributed by atoms with Gasteiger partial charge in [-0.2, -0.15) is 5.26 Å². The molecule has 168 valence electrons. The van der Waals surface area contributed by atoms with E-state index >= 15 is 0 Å². The van der Waals surface area contributed by atoms with Crippen molar-refractivity contribution in [2.24, 2.45) is 0 Å². The Balaban J connectivity index is 1.84. The summed E-state index contributed by atoms with van der Waals surface area (Å²) in [5, 5.41) is 13.4. The van der Waals surface area contributed by atoms with Gasteiger partial charge in [0.2, 0.25) is 0 Å². The SMILES string of the molecule is CCc1ccc(NC(=O)/C(C#N)=C/c2ccc(OC)cc2OCc2ccc(Cl)cc2Cl)cc1. The Morgan fingerprint density at radius 1 is 1.09 bits per heavy atom. The van der Waals surface area contributed by atoms with E-state index in [9.17, 15) is 10.1 Å². The molecule has 3 aromatic rings. The first-order chi connectivity index (χ1) is 15.9. The van der Waals surface area contributed by atoms with Crippen LogP contribution in [0.3, 0.4) is 0 Å². The lowest BCUT2D eigenvalue weighted by molar-refractivity contribution is -0.112. The third-order valence-electron chi connectivity index (χ3n) is 4.90. The Morgan fingerprint density at radius 2 is 1.85 bits per heavy atom. The number of nitriles is 1. The van der Waals surface area contributed by atoms with E-state index in [1.54, 1.807) is 43.5 Å². The van der Waals surface area contributed by atoms with Crippen LogP contribution in [0.5, 0.6) is 11.5 Å². The van der Waals surface area contributed by atoms with Gasteiger partial charge < -0.3 is 14.8 Å². The Labute approximate surface area is 203 Å². The molecule has 0 saturated heterocycles. The van der Waals surface area contributed by atoms with E-state index < -0.39 is 5.91 Å². The normalized spacial score (nSPS) is 10.9. The van der Waals surface area contributed by atoms with Crippen LogP contribution >= 0.6 is 23.2 Å². The summed E-state index contributed by atoms with van der Waals surface area (Å²) in [6.45, 7) is 2.22. The zero-order valence-electron chi connectivity index (χ0n) is 18.2. The standard InChI is InChI=1S/C26H22Cl2N2O3/c1-3-17-4-9-22(10-5-17)30-26(31)20(15-29)12-18-7-11-23(32-2)14-25(18)33-16-19-6-8-21(27)13-24(19)28/h4-14H,3,16H2,1-2H3,(H,30,31)/b20-12+. The minimum Gasteiger partial charge on any atom is -0.497 e. The van der Waals surface area contributed by atoms with E-state index in [1.807, 2.05) is 30.3 Å². The van der Waals surface area contributed by atoms with Gasteiger partial charge >= 0.3 is 0 Å². The summed E-state index contributed by atoms with van der Waals surface area (Å²) in [6.07, 6.45) is 2.38. The van der Waals surface area contributed by atoms with Crippen molar-refractivity contribution in [2.75, 3.05) is 12.4 Å². The Bertz CT molecular complexity index is 1220. The van der Waals surface area contributed by atoms with Crippen LogP contribution in [-0.4, -0.2) is 13.0 Å². The highest BCUT2D eigenvalue weighted by atomic mass is 35.5. The van der Waals surface area contributed by atoms with Crippen molar-refractivity contribution in [3.8, 4) is 17.6 Å². The molecule has 0 aliphatic rings. The van der Waals surface area contributed by atoms with Gasteiger partial charge in [0.05, 0.1) is 7.11 Å². The first-order valence-corrected chi connectivity index (χ1v) is 11.0. The maximum atomic E-state index is 12.7. The molecular formula is C26H22Cl2N2O3. The maximum absolute atomic E-state index is 12.7. The number of hydrogen-bond acceptors (Lipinski definition) is 4. The van der Waals surface area contributed by atoms with Crippen molar-refractivity contribution in [1.29, 1.82) is 5.26 Å². The number of ether oxygens (including phenoxy) is 2. The fourth-order valence-electron chi connectivity index (χ4n) is 3.01. The van der Waals surface area contributed by atoms with Crippen LogP contribution in [0.4, 0.5) is 5.69 Å². The number of nitrogens with zero attached hydrogens (tertiary/aromatic N) is 1. The number of halogens is 2. The monoisotopic (exact) mass is 480 g/mol. The molecule has 1 N–H and O–H groups in total. The average Bonchev–Trinajstić information content (AvgIpc) is 2.82. The van der Waals surface area contributed by atoms with E-state index in [-0.39, 0.29) is 12.2 Å². The van der Waals surface area contributed by atoms with Crippen LogP contribution in [0.15, 0.2) is 66.2 Å². The Kier molecular flexibility index (Phi) is 8.37. The zero-order valence-corrected chi connectivity index (χ0v) is 19.7. The quantitative estimate of drug-likeness (QED) is 0.288. The van der Waals surface area contributed by atoms with Crippen molar-refractivity contribution >= 4 is 40.9 Å². The second-order valence-electron chi connectivity index (χ2n) is 7.10. The van der Waals surface area contributed by atoms with E-state index in [0.29, 0.717) is 32.8 Å². The molecule has 0 saturated carbocycles. The molecule has 3 aromatic carbocycles. The lowest BCUT2D eigenvalue weighted by Gasteiger charge is -2.13. The van der Waals surface area contributed by atoms with Gasteiger partial charge in [-0.15, -0.1) is 0 Å². The number of methoxy groups -OCH3 is 1. The van der Waals surface area contributed by atoms with E-state index in [2.05, 4.69) is 12.2 Å². The van der Waals surface area contributed by atoms with Crippen molar-refractivity contribution in [3.05, 3.63) is 93.0 Å². The number of nitrogens with one attached hydrogen (secondary N) is 1. The van der Waals surface area contributed by atoms with Gasteiger partial charge in [-0.25, -0.2) is 0 Å². The largest absolute Gasteiger partial charge is 0.497 e. The van der Waals surface area contributed by atoms with Gasteiger partial charge in [0.15, 0.2) is 0 Å². The number of aryl methyl sites for hydroxylation is 1. The number of hydrogen-bond donors (Lipinski definition) is 1. The van der Waals surface area contributed by atoms with Crippen LogP contribution in [-0.2, 0) is 17.8 Å². The highest BCUT2D eigenvalue weighted by molar-refractivity contribution is 6.35. The number of amides is 1. The summed E-state index contributed by atoms with van der Waals surface area (Å²) in [5.41, 5.74) is 3.00. The lowest BCUT2D eigenvalue weighted by atomic mass is 10.1. The molecule has 33 heavy (non-hydrogen) atoms. The number of benzene rings is 3. The molecule has 0 aliphatic heterocycles. The molecule has 7 heteroatoms. The predicted octanol–water partition coefficient (Wildman–Crippen LogP) is 6.69. The molecule has 0 atom stereocenters. The van der Waals surface area contributed by atoms with Crippen LogP contribution in [0.2, 0.25) is 10.0 Å². The minimum absolute atomic E-state index is 0.0610. The summed E-state index contributed by atoms with van der Waals surface area (Å²) in [4.78, 5) is 12.7. The minimum atomic E-state index is -0.510. The van der Waals surface area contributed by atoms with Gasteiger partial charge in [-0.3, -0.25) is 4.79 Å². The summed E-state index contributed by atoms with van der Waals surface area (Å²) in [6, 6.07) is 19.7. The second-order valence-corrected chi connectivity index (χ2v) is 7.95. The molecule has 0 bridgehead atoms. The van der Waals surface area contributed by atoms with Gasteiger partial charge in [0.1, 0.15) is 29.7 Å². The number of anilines is 1.